The fraction of sp³-hybridized carbons (Fsp3) is 0.714. The van der Waals surface area contributed by atoms with Crippen molar-refractivity contribution in [3.63, 3.8) is 0 Å². The van der Waals surface area contributed by atoms with Crippen LogP contribution in [0.15, 0.2) is 0 Å². The van der Waals surface area contributed by atoms with Crippen molar-refractivity contribution in [3.8, 4) is 0 Å². The summed E-state index contributed by atoms with van der Waals surface area (Å²) in [5.74, 6) is 0.164. The fourth-order valence-corrected chi connectivity index (χ4v) is 1.70. The third-order valence-corrected chi connectivity index (χ3v) is 2.57. The summed E-state index contributed by atoms with van der Waals surface area (Å²) >= 11 is 0. The van der Waals surface area contributed by atoms with E-state index in [-0.39, 0.29) is 23.7 Å². The number of hydrogen-bond donors (Lipinski definition) is 0. The zero-order chi connectivity index (χ0) is 7.30. The van der Waals surface area contributed by atoms with Gasteiger partial charge in [-0.1, -0.05) is 0 Å². The zero-order valence-corrected chi connectivity index (χ0v) is 5.83. The van der Waals surface area contributed by atoms with E-state index in [0.29, 0.717) is 0 Å². The summed E-state index contributed by atoms with van der Waals surface area (Å²) in [6, 6.07) is 0. The highest BCUT2D eigenvalue weighted by atomic mass is 16.2. The van der Waals surface area contributed by atoms with E-state index in [0.717, 1.165) is 12.8 Å². The molecule has 2 amide bonds. The van der Waals surface area contributed by atoms with Crippen LogP contribution in [0.25, 0.3) is 0 Å². The number of nitrogens with zero attached hydrogens (tertiary/aromatic N) is 1. The molecule has 2 aliphatic rings. The minimum Gasteiger partial charge on any atom is -0.285 e. The highest BCUT2D eigenvalue weighted by molar-refractivity contribution is 6.05. The second kappa shape index (κ2) is 1.59. The Bertz CT molecular complexity index is 190. The number of rotatable bonds is 0. The van der Waals surface area contributed by atoms with Crippen molar-refractivity contribution in [2.24, 2.45) is 11.8 Å². The molecule has 0 aromatic rings. The summed E-state index contributed by atoms with van der Waals surface area (Å²) in [6.45, 7) is 0. The Morgan fingerprint density at radius 2 is 1.60 bits per heavy atom. The van der Waals surface area contributed by atoms with E-state index in [9.17, 15) is 9.59 Å². The van der Waals surface area contributed by atoms with Gasteiger partial charge < -0.3 is 0 Å². The van der Waals surface area contributed by atoms with Crippen LogP contribution in [0, 0.1) is 11.8 Å². The van der Waals surface area contributed by atoms with Crippen molar-refractivity contribution in [1.82, 2.24) is 4.90 Å². The largest absolute Gasteiger partial charge is 0.285 e. The van der Waals surface area contributed by atoms with Gasteiger partial charge in [0, 0.05) is 7.05 Å². The number of fused-ring (bicyclic) bond motifs is 1. The van der Waals surface area contributed by atoms with Crippen molar-refractivity contribution >= 4 is 11.8 Å². The van der Waals surface area contributed by atoms with Gasteiger partial charge >= 0.3 is 0 Å². The molecule has 1 aliphatic carbocycles. The maximum atomic E-state index is 11.1. The molecule has 2 unspecified atom stereocenters. The van der Waals surface area contributed by atoms with Gasteiger partial charge in [0.15, 0.2) is 0 Å². The molecule has 1 saturated heterocycles. The molecule has 3 heteroatoms. The Hall–Kier alpha value is -0.860. The molecule has 0 spiro atoms. The topological polar surface area (TPSA) is 37.4 Å². The average molecular weight is 139 g/mol. The smallest absolute Gasteiger partial charge is 0.232 e. The third-order valence-electron chi connectivity index (χ3n) is 2.57. The van der Waals surface area contributed by atoms with Crippen LogP contribution in [0.4, 0.5) is 0 Å². The fourth-order valence-electron chi connectivity index (χ4n) is 1.70. The second-order valence-electron chi connectivity index (χ2n) is 3.03. The maximum absolute atomic E-state index is 11.1. The summed E-state index contributed by atoms with van der Waals surface area (Å²) in [7, 11) is 1.57. The van der Waals surface area contributed by atoms with Crippen LogP contribution >= 0.6 is 0 Å². The molecule has 2 atom stereocenters. The SMILES string of the molecule is CN1C(=O)C2CCC2C1=O. The highest BCUT2D eigenvalue weighted by Crippen LogP contribution is 2.41. The zero-order valence-electron chi connectivity index (χ0n) is 5.83. The van der Waals surface area contributed by atoms with Crippen molar-refractivity contribution in [2.75, 3.05) is 7.05 Å². The van der Waals surface area contributed by atoms with Gasteiger partial charge in [-0.25, -0.2) is 0 Å². The number of hydrogen-bond acceptors (Lipinski definition) is 2. The molecular formula is C7H9NO2. The molecule has 0 bridgehead atoms. The van der Waals surface area contributed by atoms with Crippen LogP contribution in [-0.4, -0.2) is 23.8 Å². The minimum atomic E-state index is 0.0289. The summed E-state index contributed by atoms with van der Waals surface area (Å²) in [5, 5.41) is 0. The molecule has 54 valence electrons. The first-order chi connectivity index (χ1) is 4.72. The van der Waals surface area contributed by atoms with Crippen LogP contribution in [0.1, 0.15) is 12.8 Å². The van der Waals surface area contributed by atoms with Crippen molar-refractivity contribution in [3.05, 3.63) is 0 Å². The van der Waals surface area contributed by atoms with E-state index in [1.165, 1.54) is 4.90 Å². The predicted octanol–water partition coefficient (Wildman–Crippen LogP) is 0.0112. The van der Waals surface area contributed by atoms with E-state index in [2.05, 4.69) is 0 Å². The van der Waals surface area contributed by atoms with Crippen LogP contribution in [0.3, 0.4) is 0 Å². The Labute approximate surface area is 59.0 Å². The molecule has 0 aromatic heterocycles. The molecule has 3 nitrogen and oxygen atoms in total. The van der Waals surface area contributed by atoms with Crippen LogP contribution < -0.4 is 0 Å². The number of imide groups is 1. The van der Waals surface area contributed by atoms with Gasteiger partial charge in [-0.3, -0.25) is 14.5 Å². The van der Waals surface area contributed by atoms with E-state index in [1.807, 2.05) is 0 Å². The Balaban J connectivity index is 2.30. The Kier molecular flexibility index (Phi) is 0.938. The Morgan fingerprint density at radius 3 is 1.80 bits per heavy atom. The molecular weight excluding hydrogens is 130 g/mol. The standard InChI is InChI=1S/C7H9NO2/c1-8-6(9)4-2-3-5(4)7(8)10/h4-5H,2-3H2,1H3. The van der Waals surface area contributed by atoms with Gasteiger partial charge in [-0.15, -0.1) is 0 Å². The van der Waals surface area contributed by atoms with E-state index < -0.39 is 0 Å². The van der Waals surface area contributed by atoms with Crippen molar-refractivity contribution < 1.29 is 9.59 Å². The molecule has 0 aromatic carbocycles. The summed E-state index contributed by atoms with van der Waals surface area (Å²) in [5.41, 5.74) is 0. The molecule has 0 N–H and O–H groups in total. The molecule has 10 heavy (non-hydrogen) atoms. The first kappa shape index (κ1) is 5.89. The predicted molar refractivity (Wildman–Crippen MR) is 34.0 cm³/mol. The van der Waals surface area contributed by atoms with E-state index >= 15 is 0 Å². The van der Waals surface area contributed by atoms with Crippen molar-refractivity contribution in [1.29, 1.82) is 0 Å². The number of carbonyl (C=O) groups excluding carboxylic acids is 2. The van der Waals surface area contributed by atoms with E-state index in [1.54, 1.807) is 7.05 Å². The van der Waals surface area contributed by atoms with Crippen LogP contribution in [0.2, 0.25) is 0 Å². The third kappa shape index (κ3) is 0.462. The van der Waals surface area contributed by atoms with Gasteiger partial charge in [0.05, 0.1) is 11.8 Å². The first-order valence-electron chi connectivity index (χ1n) is 3.53. The number of carbonyl (C=O) groups is 2. The van der Waals surface area contributed by atoms with Gasteiger partial charge in [-0.2, -0.15) is 0 Å². The quantitative estimate of drug-likeness (QED) is 0.443. The lowest BCUT2D eigenvalue weighted by Crippen LogP contribution is -2.27. The molecule has 1 aliphatic heterocycles. The lowest BCUT2D eigenvalue weighted by Gasteiger charge is -2.24. The molecule has 1 saturated carbocycles. The minimum absolute atomic E-state index is 0.0289. The first-order valence-corrected chi connectivity index (χ1v) is 3.53. The monoisotopic (exact) mass is 139 g/mol. The average Bonchev–Trinajstić information content (AvgIpc) is 1.92. The van der Waals surface area contributed by atoms with Gasteiger partial charge in [0.1, 0.15) is 0 Å². The van der Waals surface area contributed by atoms with Crippen molar-refractivity contribution in [2.45, 2.75) is 12.8 Å². The summed E-state index contributed by atoms with van der Waals surface area (Å²) < 4.78 is 0. The lowest BCUT2D eigenvalue weighted by atomic mass is 9.76. The second-order valence-corrected chi connectivity index (χ2v) is 3.03. The Morgan fingerprint density at radius 1 is 1.20 bits per heavy atom. The molecule has 2 fully saturated rings. The normalized spacial score (nSPS) is 37.9. The van der Waals surface area contributed by atoms with E-state index in [4.69, 9.17) is 0 Å². The molecule has 0 radical (unpaired) electrons. The van der Waals surface area contributed by atoms with Gasteiger partial charge in [0.2, 0.25) is 11.8 Å². The number of amides is 2. The summed E-state index contributed by atoms with van der Waals surface area (Å²) in [6.07, 6.45) is 1.83. The van der Waals surface area contributed by atoms with Crippen LogP contribution in [0.5, 0.6) is 0 Å². The maximum Gasteiger partial charge on any atom is 0.232 e. The highest BCUT2D eigenvalue weighted by Gasteiger charge is 2.51. The number of likely N-dealkylation sites (tertiary alicyclic amines) is 1. The van der Waals surface area contributed by atoms with Gasteiger partial charge in [0.25, 0.3) is 0 Å². The van der Waals surface area contributed by atoms with Crippen LogP contribution in [-0.2, 0) is 9.59 Å². The lowest BCUT2D eigenvalue weighted by molar-refractivity contribution is -0.137. The molecule has 2 rings (SSSR count). The molecule has 1 heterocycles. The summed E-state index contributed by atoms with van der Waals surface area (Å²) in [4.78, 5) is 23.4. The van der Waals surface area contributed by atoms with Gasteiger partial charge in [-0.05, 0) is 12.8 Å².